The molecular formula is C25H28O6Se. The van der Waals surface area contributed by atoms with E-state index in [0.717, 1.165) is 5.56 Å². The Bertz CT molecular complexity index is 951. The average Bonchev–Trinajstić information content (AvgIpc) is 3.35. The van der Waals surface area contributed by atoms with Crippen molar-refractivity contribution in [2.75, 3.05) is 0 Å². The number of hydrogen-bond donors (Lipinski definition) is 0. The van der Waals surface area contributed by atoms with E-state index in [9.17, 15) is 4.79 Å². The van der Waals surface area contributed by atoms with Crippen molar-refractivity contribution in [2.24, 2.45) is 0 Å². The minimum atomic E-state index is -0.744. The molecule has 0 spiro atoms. The first-order chi connectivity index (χ1) is 15.3. The summed E-state index contributed by atoms with van der Waals surface area (Å²) in [7, 11) is 0. The molecule has 0 N–H and O–H groups in total. The zero-order valence-electron chi connectivity index (χ0n) is 18.4. The van der Waals surface area contributed by atoms with Gasteiger partial charge in [-0.1, -0.05) is 0 Å². The Morgan fingerprint density at radius 2 is 1.66 bits per heavy atom. The predicted octanol–water partition coefficient (Wildman–Crippen LogP) is 2.97. The first kappa shape index (κ1) is 22.1. The molecule has 5 rings (SSSR count). The van der Waals surface area contributed by atoms with Crippen molar-refractivity contribution in [3.63, 3.8) is 0 Å². The zero-order valence-corrected chi connectivity index (χ0v) is 20.1. The van der Waals surface area contributed by atoms with Gasteiger partial charge in [-0.2, -0.15) is 0 Å². The number of esters is 1. The van der Waals surface area contributed by atoms with Gasteiger partial charge in [-0.25, -0.2) is 0 Å². The summed E-state index contributed by atoms with van der Waals surface area (Å²) in [6, 6.07) is 20.1. The predicted molar refractivity (Wildman–Crippen MR) is 118 cm³/mol. The van der Waals surface area contributed by atoms with Gasteiger partial charge in [-0.05, 0) is 0 Å². The van der Waals surface area contributed by atoms with Crippen LogP contribution in [0.15, 0.2) is 60.7 Å². The van der Waals surface area contributed by atoms with Gasteiger partial charge in [-0.3, -0.25) is 0 Å². The van der Waals surface area contributed by atoms with Gasteiger partial charge >= 0.3 is 195 Å². The van der Waals surface area contributed by atoms with Crippen LogP contribution in [0.25, 0.3) is 0 Å². The quantitative estimate of drug-likeness (QED) is 0.446. The maximum absolute atomic E-state index is 12.9. The molecule has 3 aliphatic rings. The fourth-order valence-corrected chi connectivity index (χ4v) is 7.05. The monoisotopic (exact) mass is 504 g/mol. The van der Waals surface area contributed by atoms with Gasteiger partial charge in [0.15, 0.2) is 0 Å². The van der Waals surface area contributed by atoms with E-state index >= 15 is 0 Å². The van der Waals surface area contributed by atoms with Crippen LogP contribution in [-0.2, 0) is 35.1 Å². The summed E-state index contributed by atoms with van der Waals surface area (Å²) in [6.07, 6.45) is -1.57. The molecule has 0 aliphatic carbocycles. The number of fused-ring (bicyclic) bond motifs is 1. The summed E-state index contributed by atoms with van der Waals surface area (Å²) in [5.41, 5.74) is 1.06. The number of carbonyl (C=O) groups excluding carboxylic acids is 1. The fourth-order valence-electron chi connectivity index (χ4n) is 4.55. The van der Waals surface area contributed by atoms with E-state index in [2.05, 4.69) is 12.1 Å². The molecule has 6 atom stereocenters. The maximum atomic E-state index is 12.9. The van der Waals surface area contributed by atoms with Crippen LogP contribution in [-0.4, -0.2) is 57.4 Å². The Morgan fingerprint density at radius 1 is 0.969 bits per heavy atom. The molecule has 7 heteroatoms. The molecular weight excluding hydrogens is 475 g/mol. The summed E-state index contributed by atoms with van der Waals surface area (Å²) in [5.74, 6) is -0.914. The summed E-state index contributed by atoms with van der Waals surface area (Å²) >= 11 is -0.0516. The van der Waals surface area contributed by atoms with Crippen molar-refractivity contribution in [3.8, 4) is 0 Å². The molecule has 0 bridgehead atoms. The van der Waals surface area contributed by atoms with Gasteiger partial charge in [0, 0.05) is 0 Å². The number of ether oxygens (including phenoxy) is 5. The van der Waals surface area contributed by atoms with Crippen LogP contribution in [0, 0.1) is 0 Å². The van der Waals surface area contributed by atoms with Crippen LogP contribution in [0.3, 0.4) is 0 Å². The van der Waals surface area contributed by atoms with Gasteiger partial charge in [0.1, 0.15) is 0 Å². The van der Waals surface area contributed by atoms with Crippen LogP contribution in [0.5, 0.6) is 0 Å². The molecule has 0 saturated carbocycles. The van der Waals surface area contributed by atoms with Crippen molar-refractivity contribution < 1.29 is 28.5 Å². The molecule has 1 unspecified atom stereocenters. The Labute approximate surface area is 194 Å². The first-order valence-corrected chi connectivity index (χ1v) is 12.7. The van der Waals surface area contributed by atoms with E-state index in [4.69, 9.17) is 23.7 Å². The van der Waals surface area contributed by atoms with E-state index in [-0.39, 0.29) is 27.0 Å². The van der Waals surface area contributed by atoms with E-state index in [1.165, 1.54) is 4.46 Å². The fraction of sp³-hybridized carbons (Fsp3) is 0.480. The Balaban J connectivity index is 1.33. The van der Waals surface area contributed by atoms with Gasteiger partial charge in [0.05, 0.1) is 0 Å². The second kappa shape index (κ2) is 8.56. The van der Waals surface area contributed by atoms with Crippen molar-refractivity contribution in [1.29, 1.82) is 0 Å². The number of hydrogen-bond acceptors (Lipinski definition) is 6. The molecule has 32 heavy (non-hydrogen) atoms. The number of cyclic esters (lactones) is 1. The SMILES string of the molecule is CC1(C)O[C@H]2O[C@H]([C@H]3CC(C)([Se]c4ccccc4)C(=O)O3)[C@H](OCc3ccccc3)[C@H]2O1. The third-order valence-corrected chi connectivity index (χ3v) is 8.76. The number of rotatable bonds is 6. The molecule has 0 radical (unpaired) electrons. The summed E-state index contributed by atoms with van der Waals surface area (Å²) in [4.78, 5) is 12.9. The van der Waals surface area contributed by atoms with E-state index in [1.54, 1.807) is 0 Å². The van der Waals surface area contributed by atoms with Crippen LogP contribution in [0.4, 0.5) is 0 Å². The second-order valence-corrected chi connectivity index (χ2v) is 12.4. The zero-order chi connectivity index (χ0) is 22.3. The van der Waals surface area contributed by atoms with E-state index in [0.29, 0.717) is 13.0 Å². The molecule has 3 aliphatic heterocycles. The van der Waals surface area contributed by atoms with Crippen LogP contribution in [0.1, 0.15) is 32.8 Å². The van der Waals surface area contributed by atoms with Gasteiger partial charge in [-0.15, -0.1) is 0 Å². The van der Waals surface area contributed by atoms with Crippen molar-refractivity contribution >= 4 is 25.4 Å². The summed E-state index contributed by atoms with van der Waals surface area (Å²) in [6.45, 7) is 6.15. The minimum absolute atomic E-state index is 0.0516. The molecule has 6 nitrogen and oxygen atoms in total. The van der Waals surface area contributed by atoms with Gasteiger partial charge in [0.2, 0.25) is 0 Å². The topological polar surface area (TPSA) is 63.2 Å². The average molecular weight is 503 g/mol. The van der Waals surface area contributed by atoms with Gasteiger partial charge < -0.3 is 0 Å². The van der Waals surface area contributed by atoms with Gasteiger partial charge in [0.25, 0.3) is 0 Å². The molecule has 0 amide bonds. The molecule has 3 saturated heterocycles. The van der Waals surface area contributed by atoms with Crippen molar-refractivity contribution in [3.05, 3.63) is 66.2 Å². The third-order valence-electron chi connectivity index (χ3n) is 6.05. The molecule has 0 aromatic heterocycles. The number of benzene rings is 2. The molecule has 2 aromatic carbocycles. The standard InChI is InChI=1S/C25H28O6Se/c1-24(2)30-21-20(27-15-16-10-6-4-7-11-16)19(29-22(21)31-24)18-14-25(3,23(26)28-18)32-17-12-8-5-9-13-17/h4-13,18-22H,14-15H2,1-3H3/t18-,19-,20+,21-,22-,25?/m1/s1. The molecule has 3 heterocycles. The van der Waals surface area contributed by atoms with Crippen LogP contribution < -0.4 is 4.46 Å². The molecule has 3 fully saturated rings. The Hall–Kier alpha value is -1.73. The van der Waals surface area contributed by atoms with Crippen LogP contribution >= 0.6 is 0 Å². The van der Waals surface area contributed by atoms with E-state index in [1.807, 2.05) is 69.3 Å². The summed E-state index contributed by atoms with van der Waals surface area (Å²) < 4.78 is 31.2. The van der Waals surface area contributed by atoms with Crippen LogP contribution in [0.2, 0.25) is 4.31 Å². The Morgan fingerprint density at radius 3 is 2.38 bits per heavy atom. The Kier molecular flexibility index (Phi) is 5.91. The van der Waals surface area contributed by atoms with E-state index < -0.39 is 34.7 Å². The van der Waals surface area contributed by atoms with Crippen molar-refractivity contribution in [1.82, 2.24) is 0 Å². The third kappa shape index (κ3) is 4.38. The normalized spacial score (nSPS) is 35.6. The molecule has 170 valence electrons. The number of carbonyl (C=O) groups is 1. The summed E-state index contributed by atoms with van der Waals surface area (Å²) in [5, 5.41) is 0. The second-order valence-electron chi connectivity index (χ2n) is 9.12. The molecule has 2 aromatic rings. The first-order valence-electron chi connectivity index (χ1n) is 10.9. The van der Waals surface area contributed by atoms with Crippen molar-refractivity contribution in [2.45, 2.75) is 74.6 Å².